The van der Waals surface area contributed by atoms with Crippen LogP contribution in [0.25, 0.3) is 6.08 Å². The molecule has 1 saturated heterocycles. The third kappa shape index (κ3) is 3.92. The van der Waals surface area contributed by atoms with Crippen LogP contribution in [0.2, 0.25) is 0 Å². The van der Waals surface area contributed by atoms with E-state index in [1.54, 1.807) is 6.07 Å². The van der Waals surface area contributed by atoms with Crippen LogP contribution in [0.3, 0.4) is 0 Å². The van der Waals surface area contributed by atoms with Gasteiger partial charge in [0.25, 0.3) is 5.91 Å². The van der Waals surface area contributed by atoms with Gasteiger partial charge in [-0.3, -0.25) is 4.79 Å². The highest BCUT2D eigenvalue weighted by Crippen LogP contribution is 2.24. The summed E-state index contributed by atoms with van der Waals surface area (Å²) in [6.45, 7) is 3.99. The van der Waals surface area contributed by atoms with E-state index in [4.69, 9.17) is 4.42 Å². The molecule has 0 spiro atoms. The number of rotatable bonds is 5. The molecule has 2 aromatic rings. The number of nitrogens with one attached hydrogen (secondary N) is 1. The molecule has 25 heavy (non-hydrogen) atoms. The van der Waals surface area contributed by atoms with Crippen molar-refractivity contribution in [3.8, 4) is 6.07 Å². The van der Waals surface area contributed by atoms with Crippen LogP contribution < -0.4 is 10.2 Å². The van der Waals surface area contributed by atoms with Crippen LogP contribution in [-0.4, -0.2) is 19.0 Å². The number of benzene rings is 1. The summed E-state index contributed by atoms with van der Waals surface area (Å²) in [5.74, 6) is 0.873. The van der Waals surface area contributed by atoms with E-state index in [0.29, 0.717) is 5.76 Å². The minimum atomic E-state index is -0.428. The SMILES string of the molecule is CCc1ccccc1NC(=O)/C(C#N)=C\c1ccc(N2CCCC2)o1. The molecule has 1 aliphatic heterocycles. The van der Waals surface area contributed by atoms with Crippen LogP contribution in [0.4, 0.5) is 11.6 Å². The van der Waals surface area contributed by atoms with Crippen LogP contribution in [0, 0.1) is 11.3 Å². The first-order valence-electron chi connectivity index (χ1n) is 8.57. The first-order valence-corrected chi connectivity index (χ1v) is 8.57. The van der Waals surface area contributed by atoms with E-state index < -0.39 is 5.91 Å². The zero-order valence-corrected chi connectivity index (χ0v) is 14.3. The molecule has 1 fully saturated rings. The first kappa shape index (κ1) is 16.8. The van der Waals surface area contributed by atoms with Crippen molar-refractivity contribution in [1.29, 1.82) is 5.26 Å². The van der Waals surface area contributed by atoms with Crippen molar-refractivity contribution in [2.45, 2.75) is 26.2 Å². The molecule has 128 valence electrons. The van der Waals surface area contributed by atoms with Gasteiger partial charge in [0.2, 0.25) is 0 Å². The van der Waals surface area contributed by atoms with Gasteiger partial charge in [0.1, 0.15) is 17.4 Å². The molecule has 5 nitrogen and oxygen atoms in total. The minimum Gasteiger partial charge on any atom is -0.441 e. The number of para-hydroxylation sites is 1. The Balaban J connectivity index is 1.76. The molecule has 3 rings (SSSR count). The Bertz CT molecular complexity index is 823. The van der Waals surface area contributed by atoms with E-state index in [9.17, 15) is 10.1 Å². The number of nitriles is 1. The maximum atomic E-state index is 12.4. The predicted octanol–water partition coefficient (Wildman–Crippen LogP) is 3.99. The first-order chi connectivity index (χ1) is 12.2. The van der Waals surface area contributed by atoms with Crippen molar-refractivity contribution in [2.24, 2.45) is 0 Å². The van der Waals surface area contributed by atoms with Gasteiger partial charge in [0.15, 0.2) is 5.88 Å². The average molecular weight is 335 g/mol. The maximum Gasteiger partial charge on any atom is 0.266 e. The highest BCUT2D eigenvalue weighted by atomic mass is 16.4. The molecule has 0 saturated carbocycles. The molecule has 0 radical (unpaired) electrons. The van der Waals surface area contributed by atoms with Crippen LogP contribution in [-0.2, 0) is 11.2 Å². The lowest BCUT2D eigenvalue weighted by atomic mass is 10.1. The maximum absolute atomic E-state index is 12.4. The number of furan rings is 1. The van der Waals surface area contributed by atoms with Gasteiger partial charge >= 0.3 is 0 Å². The van der Waals surface area contributed by atoms with Gasteiger partial charge in [-0.15, -0.1) is 0 Å². The number of amides is 1. The van der Waals surface area contributed by atoms with Crippen molar-refractivity contribution >= 4 is 23.6 Å². The fraction of sp³-hybridized carbons (Fsp3) is 0.300. The van der Waals surface area contributed by atoms with E-state index in [0.717, 1.165) is 49.5 Å². The molecule has 0 aliphatic carbocycles. The lowest BCUT2D eigenvalue weighted by molar-refractivity contribution is -0.112. The Labute approximate surface area is 147 Å². The van der Waals surface area contributed by atoms with Crippen molar-refractivity contribution < 1.29 is 9.21 Å². The quantitative estimate of drug-likeness (QED) is 0.662. The largest absolute Gasteiger partial charge is 0.441 e. The standard InChI is InChI=1S/C20H21N3O2/c1-2-15-7-3-4-8-18(15)22-20(24)16(14-21)13-17-9-10-19(25-17)23-11-5-6-12-23/h3-4,7-10,13H,2,5-6,11-12H2,1H3,(H,22,24)/b16-13-. The van der Waals surface area contributed by atoms with Crippen LogP contribution in [0.1, 0.15) is 31.1 Å². The van der Waals surface area contributed by atoms with Gasteiger partial charge < -0.3 is 14.6 Å². The Kier molecular flexibility index (Phi) is 5.20. The molecule has 0 bridgehead atoms. The summed E-state index contributed by atoms with van der Waals surface area (Å²) in [7, 11) is 0. The van der Waals surface area contributed by atoms with Gasteiger partial charge in [0.05, 0.1) is 0 Å². The lowest BCUT2D eigenvalue weighted by Crippen LogP contribution is -2.16. The molecule has 1 N–H and O–H groups in total. The van der Waals surface area contributed by atoms with Crippen molar-refractivity contribution in [3.05, 3.63) is 53.3 Å². The summed E-state index contributed by atoms with van der Waals surface area (Å²) in [6, 6.07) is 13.2. The number of anilines is 2. The molecule has 0 unspecified atom stereocenters. The molecular formula is C20H21N3O2. The zero-order chi connectivity index (χ0) is 17.6. The highest BCUT2D eigenvalue weighted by Gasteiger charge is 2.16. The zero-order valence-electron chi connectivity index (χ0n) is 14.3. The van der Waals surface area contributed by atoms with Gasteiger partial charge in [0, 0.05) is 30.9 Å². The number of carbonyl (C=O) groups excluding carboxylic acids is 1. The Morgan fingerprint density at radius 2 is 2.04 bits per heavy atom. The number of carbonyl (C=O) groups is 1. The van der Waals surface area contributed by atoms with E-state index in [1.807, 2.05) is 43.3 Å². The second kappa shape index (κ2) is 7.71. The second-order valence-electron chi connectivity index (χ2n) is 6.00. The summed E-state index contributed by atoms with van der Waals surface area (Å²) >= 11 is 0. The molecular weight excluding hydrogens is 314 g/mol. The summed E-state index contributed by atoms with van der Waals surface area (Å²) in [5.41, 5.74) is 1.78. The summed E-state index contributed by atoms with van der Waals surface area (Å²) in [4.78, 5) is 14.6. The molecule has 1 amide bonds. The normalized spacial score (nSPS) is 14.4. The molecule has 1 aromatic heterocycles. The lowest BCUT2D eigenvalue weighted by Gasteiger charge is -2.12. The number of aryl methyl sites for hydroxylation is 1. The van der Waals surface area contributed by atoms with E-state index in [-0.39, 0.29) is 5.57 Å². The summed E-state index contributed by atoms with van der Waals surface area (Å²) in [5, 5.41) is 12.2. The fourth-order valence-corrected chi connectivity index (χ4v) is 2.96. The van der Waals surface area contributed by atoms with Crippen LogP contribution in [0.5, 0.6) is 0 Å². The number of nitrogens with zero attached hydrogens (tertiary/aromatic N) is 2. The predicted molar refractivity (Wildman–Crippen MR) is 98.2 cm³/mol. The van der Waals surface area contributed by atoms with E-state index >= 15 is 0 Å². The van der Waals surface area contributed by atoms with Gasteiger partial charge in [-0.25, -0.2) is 0 Å². The topological polar surface area (TPSA) is 69.3 Å². The Morgan fingerprint density at radius 3 is 2.76 bits per heavy atom. The van der Waals surface area contributed by atoms with E-state index in [2.05, 4.69) is 10.2 Å². The van der Waals surface area contributed by atoms with Crippen molar-refractivity contribution in [3.63, 3.8) is 0 Å². The third-order valence-corrected chi connectivity index (χ3v) is 4.33. The van der Waals surface area contributed by atoms with Crippen LogP contribution in [0.15, 0.2) is 46.4 Å². The van der Waals surface area contributed by atoms with Gasteiger partial charge in [-0.2, -0.15) is 5.26 Å². The molecule has 1 aliphatic rings. The second-order valence-corrected chi connectivity index (χ2v) is 6.00. The smallest absolute Gasteiger partial charge is 0.266 e. The van der Waals surface area contributed by atoms with Gasteiger partial charge in [-0.1, -0.05) is 25.1 Å². The van der Waals surface area contributed by atoms with E-state index in [1.165, 1.54) is 6.08 Å². The van der Waals surface area contributed by atoms with Crippen molar-refractivity contribution in [1.82, 2.24) is 0 Å². The summed E-state index contributed by atoms with van der Waals surface area (Å²) < 4.78 is 5.76. The molecule has 5 heteroatoms. The molecule has 1 aromatic carbocycles. The Hall–Kier alpha value is -3.00. The third-order valence-electron chi connectivity index (χ3n) is 4.33. The monoisotopic (exact) mass is 335 g/mol. The minimum absolute atomic E-state index is 0.0215. The number of hydrogen-bond acceptors (Lipinski definition) is 4. The Morgan fingerprint density at radius 1 is 1.28 bits per heavy atom. The number of hydrogen-bond donors (Lipinski definition) is 1. The van der Waals surface area contributed by atoms with Crippen LogP contribution >= 0.6 is 0 Å². The fourth-order valence-electron chi connectivity index (χ4n) is 2.96. The molecule has 0 atom stereocenters. The summed E-state index contributed by atoms with van der Waals surface area (Å²) in [6.07, 6.45) is 4.62. The highest BCUT2D eigenvalue weighted by molar-refractivity contribution is 6.09. The average Bonchev–Trinajstić information content (AvgIpc) is 3.31. The van der Waals surface area contributed by atoms with Gasteiger partial charge in [-0.05, 0) is 37.0 Å². The van der Waals surface area contributed by atoms with Crippen molar-refractivity contribution in [2.75, 3.05) is 23.3 Å². The molecule has 2 heterocycles.